The fraction of sp³-hybridized carbons (Fsp3) is 0.706. The van der Waals surface area contributed by atoms with Crippen molar-refractivity contribution in [3.63, 3.8) is 0 Å². The highest BCUT2D eigenvalue weighted by molar-refractivity contribution is 5.82. The van der Waals surface area contributed by atoms with Crippen molar-refractivity contribution in [1.82, 2.24) is 14.9 Å². The lowest BCUT2D eigenvalue weighted by molar-refractivity contribution is -0.129. The molecule has 3 heterocycles. The number of carbonyl (C=O) groups excluding carboxylic acids is 1. The Bertz CT molecular complexity index is 592. The van der Waals surface area contributed by atoms with Crippen molar-refractivity contribution in [2.75, 3.05) is 43.0 Å². The van der Waals surface area contributed by atoms with Crippen molar-refractivity contribution in [2.45, 2.75) is 38.1 Å². The number of carbonyl (C=O) groups is 1. The highest BCUT2D eigenvalue weighted by Gasteiger charge is 2.36. The van der Waals surface area contributed by atoms with E-state index in [1.54, 1.807) is 11.2 Å². The van der Waals surface area contributed by atoms with Gasteiger partial charge >= 0.3 is 0 Å². The fourth-order valence-corrected chi connectivity index (χ4v) is 4.31. The summed E-state index contributed by atoms with van der Waals surface area (Å²) in [6, 6.07) is 2.73. The maximum absolute atomic E-state index is 11.9. The highest BCUT2D eigenvalue weighted by Crippen LogP contribution is 2.38. The lowest BCUT2D eigenvalue weighted by Crippen LogP contribution is -2.48. The topological polar surface area (TPSA) is 52.6 Å². The molecule has 3 aliphatic rings. The van der Waals surface area contributed by atoms with Crippen LogP contribution >= 0.6 is 0 Å². The van der Waals surface area contributed by atoms with Crippen LogP contribution in [0.3, 0.4) is 0 Å². The number of piperazine rings is 1. The first-order valence-electron chi connectivity index (χ1n) is 8.80. The summed E-state index contributed by atoms with van der Waals surface area (Å²) in [5.74, 6) is 2.92. The molecule has 1 saturated carbocycles. The number of anilines is 2. The van der Waals surface area contributed by atoms with Crippen LogP contribution in [-0.2, 0) is 4.79 Å². The number of nitrogens with zero attached hydrogens (tertiary/aromatic N) is 5. The number of rotatable bonds is 2. The normalized spacial score (nSPS) is 28.2. The fourth-order valence-electron chi connectivity index (χ4n) is 4.31. The first-order chi connectivity index (χ1) is 11.2. The smallest absolute Gasteiger partial charge is 0.241 e. The van der Waals surface area contributed by atoms with Gasteiger partial charge in [0.1, 0.15) is 18.0 Å². The molecule has 0 spiro atoms. The maximum Gasteiger partial charge on any atom is 0.241 e. The Morgan fingerprint density at radius 2 is 1.87 bits per heavy atom. The van der Waals surface area contributed by atoms with E-state index < -0.39 is 0 Å². The predicted molar refractivity (Wildman–Crippen MR) is 89.6 cm³/mol. The Morgan fingerprint density at radius 1 is 1.04 bits per heavy atom. The predicted octanol–water partition coefficient (Wildman–Crippen LogP) is 1.52. The summed E-state index contributed by atoms with van der Waals surface area (Å²) < 4.78 is 0. The Kier molecular flexibility index (Phi) is 3.83. The van der Waals surface area contributed by atoms with Gasteiger partial charge in [0, 0.05) is 38.8 Å². The van der Waals surface area contributed by atoms with Crippen LogP contribution in [0.25, 0.3) is 0 Å². The minimum Gasteiger partial charge on any atom is -0.353 e. The summed E-state index contributed by atoms with van der Waals surface area (Å²) in [5.41, 5.74) is 0. The second-order valence-electron chi connectivity index (χ2n) is 7.07. The minimum atomic E-state index is 0.157. The minimum absolute atomic E-state index is 0.157. The van der Waals surface area contributed by atoms with Crippen molar-refractivity contribution in [3.8, 4) is 0 Å². The molecule has 6 nitrogen and oxygen atoms in total. The van der Waals surface area contributed by atoms with Crippen LogP contribution in [0, 0.1) is 5.92 Å². The van der Waals surface area contributed by atoms with Crippen molar-refractivity contribution in [3.05, 3.63) is 12.4 Å². The van der Waals surface area contributed by atoms with E-state index in [1.807, 2.05) is 7.05 Å². The van der Waals surface area contributed by atoms with Gasteiger partial charge in [0.05, 0.1) is 6.54 Å². The van der Waals surface area contributed by atoms with E-state index in [1.165, 1.54) is 32.1 Å². The molecule has 2 saturated heterocycles. The third-order valence-corrected chi connectivity index (χ3v) is 5.72. The second kappa shape index (κ2) is 5.98. The zero-order valence-corrected chi connectivity index (χ0v) is 13.8. The van der Waals surface area contributed by atoms with Crippen LogP contribution in [0.1, 0.15) is 32.1 Å². The number of aromatic nitrogens is 2. The summed E-state index contributed by atoms with van der Waals surface area (Å²) in [5, 5.41) is 0. The van der Waals surface area contributed by atoms with Gasteiger partial charge in [-0.2, -0.15) is 0 Å². The average Bonchev–Trinajstić information content (AvgIpc) is 3.01. The monoisotopic (exact) mass is 315 g/mol. The number of fused-ring (bicyclic) bond motifs is 1. The van der Waals surface area contributed by atoms with Gasteiger partial charge in [0.2, 0.25) is 5.91 Å². The van der Waals surface area contributed by atoms with Crippen LogP contribution in [0.2, 0.25) is 0 Å². The zero-order valence-electron chi connectivity index (χ0n) is 13.8. The summed E-state index contributed by atoms with van der Waals surface area (Å²) in [6.07, 6.45) is 8.32. The first kappa shape index (κ1) is 14.7. The molecule has 0 aromatic carbocycles. The Morgan fingerprint density at radius 3 is 2.74 bits per heavy atom. The average molecular weight is 315 g/mol. The molecule has 1 aromatic heterocycles. The van der Waals surface area contributed by atoms with Crippen molar-refractivity contribution in [1.29, 1.82) is 0 Å². The molecule has 4 rings (SSSR count). The van der Waals surface area contributed by atoms with E-state index in [0.717, 1.165) is 37.2 Å². The lowest BCUT2D eigenvalue weighted by Gasteiger charge is -2.34. The molecule has 0 radical (unpaired) electrons. The van der Waals surface area contributed by atoms with Crippen molar-refractivity contribution < 1.29 is 4.79 Å². The quantitative estimate of drug-likeness (QED) is 0.828. The van der Waals surface area contributed by atoms with Gasteiger partial charge in [-0.25, -0.2) is 9.97 Å². The van der Waals surface area contributed by atoms with E-state index in [9.17, 15) is 4.79 Å². The molecule has 124 valence electrons. The molecule has 6 heteroatoms. The standard InChI is InChI=1S/C17H25N5O/c1-20-8-9-21(11-17(20)23)15-10-16(19-12-18-15)22-7-6-13-4-2-3-5-14(13)22/h10,12-14H,2-9,11H2,1H3. The number of likely N-dealkylation sites (N-methyl/N-ethyl adjacent to an activating group) is 1. The molecular formula is C17H25N5O. The Hall–Kier alpha value is -1.85. The molecule has 23 heavy (non-hydrogen) atoms. The van der Waals surface area contributed by atoms with E-state index in [-0.39, 0.29) is 5.91 Å². The molecule has 2 atom stereocenters. The SMILES string of the molecule is CN1CCN(c2cc(N3CCC4CCCCC43)ncn2)CC1=O. The maximum atomic E-state index is 11.9. The van der Waals surface area contributed by atoms with Gasteiger partial charge < -0.3 is 14.7 Å². The molecular weight excluding hydrogens is 290 g/mol. The van der Waals surface area contributed by atoms with Gasteiger partial charge in [-0.3, -0.25) is 4.79 Å². The number of hydrogen-bond donors (Lipinski definition) is 0. The summed E-state index contributed by atoms with van der Waals surface area (Å²) in [7, 11) is 1.86. The highest BCUT2D eigenvalue weighted by atomic mass is 16.2. The summed E-state index contributed by atoms with van der Waals surface area (Å²) in [6.45, 7) is 3.11. The second-order valence-corrected chi connectivity index (χ2v) is 7.07. The van der Waals surface area contributed by atoms with Crippen LogP contribution < -0.4 is 9.80 Å². The van der Waals surface area contributed by atoms with Gasteiger partial charge in [-0.15, -0.1) is 0 Å². The molecule has 1 aromatic rings. The van der Waals surface area contributed by atoms with Crippen LogP contribution in [0.4, 0.5) is 11.6 Å². The Balaban J connectivity index is 1.53. The van der Waals surface area contributed by atoms with Crippen molar-refractivity contribution in [2.24, 2.45) is 5.92 Å². The van der Waals surface area contributed by atoms with Crippen LogP contribution in [0.15, 0.2) is 12.4 Å². The van der Waals surface area contributed by atoms with Crippen molar-refractivity contribution >= 4 is 17.5 Å². The third-order valence-electron chi connectivity index (χ3n) is 5.72. The third kappa shape index (κ3) is 2.75. The molecule has 0 N–H and O–H groups in total. The first-order valence-corrected chi connectivity index (χ1v) is 8.80. The van der Waals surface area contributed by atoms with Gasteiger partial charge in [-0.1, -0.05) is 12.8 Å². The van der Waals surface area contributed by atoms with Gasteiger partial charge in [0.25, 0.3) is 0 Å². The molecule has 1 aliphatic carbocycles. The van der Waals surface area contributed by atoms with E-state index in [2.05, 4.69) is 25.8 Å². The van der Waals surface area contributed by atoms with Gasteiger partial charge in [-0.05, 0) is 25.2 Å². The zero-order chi connectivity index (χ0) is 15.8. The summed E-state index contributed by atoms with van der Waals surface area (Å²) in [4.78, 5) is 27.2. The van der Waals surface area contributed by atoms with E-state index in [0.29, 0.717) is 12.6 Å². The number of amides is 1. The van der Waals surface area contributed by atoms with E-state index >= 15 is 0 Å². The molecule has 3 fully saturated rings. The van der Waals surface area contributed by atoms with Crippen LogP contribution in [0.5, 0.6) is 0 Å². The van der Waals surface area contributed by atoms with Gasteiger partial charge in [0.15, 0.2) is 0 Å². The van der Waals surface area contributed by atoms with E-state index in [4.69, 9.17) is 0 Å². The molecule has 2 unspecified atom stereocenters. The Labute approximate surface area is 137 Å². The lowest BCUT2D eigenvalue weighted by atomic mass is 9.85. The molecule has 2 aliphatic heterocycles. The summed E-state index contributed by atoms with van der Waals surface area (Å²) >= 11 is 0. The van der Waals surface area contributed by atoms with Crippen LogP contribution in [-0.4, -0.2) is 60.0 Å². The largest absolute Gasteiger partial charge is 0.353 e. The molecule has 1 amide bonds. The molecule has 0 bridgehead atoms. The number of hydrogen-bond acceptors (Lipinski definition) is 5.